The summed E-state index contributed by atoms with van der Waals surface area (Å²) in [5.41, 5.74) is 1.72. The number of hydrogen-bond donors (Lipinski definition) is 1. The summed E-state index contributed by atoms with van der Waals surface area (Å²) in [6.07, 6.45) is 7.12. The summed E-state index contributed by atoms with van der Waals surface area (Å²) in [4.78, 5) is 12.3. The fraction of sp³-hybridized carbons (Fsp3) is 0.650. The van der Waals surface area contributed by atoms with Crippen molar-refractivity contribution in [2.45, 2.75) is 57.0 Å². The van der Waals surface area contributed by atoms with E-state index in [1.165, 1.54) is 19.3 Å². The van der Waals surface area contributed by atoms with E-state index < -0.39 is 0 Å². The van der Waals surface area contributed by atoms with E-state index in [2.05, 4.69) is 14.1 Å². The molecule has 0 bridgehead atoms. The van der Waals surface area contributed by atoms with Crippen molar-refractivity contribution in [3.63, 3.8) is 0 Å². The summed E-state index contributed by atoms with van der Waals surface area (Å²) < 4.78 is 6.53. The Morgan fingerprint density at radius 1 is 1.21 bits per heavy atom. The van der Waals surface area contributed by atoms with E-state index in [9.17, 15) is 9.90 Å². The molecule has 132 valence electrons. The molecule has 2 aliphatic rings. The largest absolute Gasteiger partial charge is 0.507 e. The highest BCUT2D eigenvalue weighted by Gasteiger charge is 2.33. The standard InChI is InChI=1S/C20H29NO3/c1-21(2)12-11-17(14-21)24-19(22)13-16-9-6-10-18(20(16)23)15-7-4-3-5-8-15/h6,9-10,15,17H,3-5,7-8,11-14H2,1-2H3/p+1/t17-/m1/s1. The lowest BCUT2D eigenvalue weighted by Crippen LogP contribution is -2.38. The Kier molecular flexibility index (Phi) is 5.14. The lowest BCUT2D eigenvalue weighted by molar-refractivity contribution is -0.879. The quantitative estimate of drug-likeness (QED) is 0.679. The Morgan fingerprint density at radius 2 is 1.96 bits per heavy atom. The molecule has 1 heterocycles. The predicted octanol–water partition coefficient (Wildman–Crippen LogP) is 3.37. The first-order valence-electron chi connectivity index (χ1n) is 9.27. The number of carbonyl (C=O) groups excluding carboxylic acids is 1. The smallest absolute Gasteiger partial charge is 0.310 e. The third kappa shape index (κ3) is 4.10. The van der Waals surface area contributed by atoms with Crippen molar-refractivity contribution < 1.29 is 19.1 Å². The van der Waals surface area contributed by atoms with Crippen molar-refractivity contribution in [2.75, 3.05) is 27.2 Å². The molecule has 1 N–H and O–H groups in total. The Hall–Kier alpha value is -1.55. The van der Waals surface area contributed by atoms with Gasteiger partial charge >= 0.3 is 5.97 Å². The first kappa shape index (κ1) is 17.3. The van der Waals surface area contributed by atoms with E-state index >= 15 is 0 Å². The number of likely N-dealkylation sites (tertiary alicyclic amines) is 1. The van der Waals surface area contributed by atoms with E-state index in [0.717, 1.165) is 42.4 Å². The molecule has 0 aromatic heterocycles. The number of aromatic hydroxyl groups is 1. The third-order valence-electron chi connectivity index (χ3n) is 5.58. The van der Waals surface area contributed by atoms with Gasteiger partial charge in [0.15, 0.2) is 6.10 Å². The van der Waals surface area contributed by atoms with Crippen LogP contribution in [0.5, 0.6) is 5.75 Å². The van der Waals surface area contributed by atoms with E-state index in [1.54, 1.807) is 0 Å². The number of ether oxygens (including phenoxy) is 1. The number of hydrogen-bond acceptors (Lipinski definition) is 3. The van der Waals surface area contributed by atoms with Crippen LogP contribution in [0, 0.1) is 0 Å². The van der Waals surface area contributed by atoms with Gasteiger partial charge in [-0.1, -0.05) is 37.5 Å². The number of phenolic OH excluding ortho intramolecular Hbond substituents is 1. The summed E-state index contributed by atoms with van der Waals surface area (Å²) in [5, 5.41) is 10.6. The van der Waals surface area contributed by atoms with Gasteiger partial charge in [-0.3, -0.25) is 4.79 Å². The zero-order valence-corrected chi connectivity index (χ0v) is 15.0. The zero-order valence-electron chi connectivity index (χ0n) is 15.0. The number of phenols is 1. The molecule has 4 nitrogen and oxygen atoms in total. The van der Waals surface area contributed by atoms with E-state index in [-0.39, 0.29) is 18.5 Å². The van der Waals surface area contributed by atoms with Crippen LogP contribution in [-0.4, -0.2) is 48.8 Å². The van der Waals surface area contributed by atoms with Gasteiger partial charge in [-0.2, -0.15) is 0 Å². The summed E-state index contributed by atoms with van der Waals surface area (Å²) in [6.45, 7) is 1.92. The summed E-state index contributed by atoms with van der Waals surface area (Å²) in [5.74, 6) is 0.518. The molecular weight excluding hydrogens is 302 g/mol. The number of quaternary nitrogens is 1. The van der Waals surface area contributed by atoms with Crippen LogP contribution in [0.4, 0.5) is 0 Å². The Labute approximate surface area is 145 Å². The second-order valence-electron chi connectivity index (χ2n) is 8.11. The van der Waals surface area contributed by atoms with Gasteiger partial charge in [0, 0.05) is 12.0 Å². The minimum atomic E-state index is -0.224. The maximum atomic E-state index is 12.3. The average Bonchev–Trinajstić information content (AvgIpc) is 2.89. The van der Waals surface area contributed by atoms with Gasteiger partial charge < -0.3 is 14.3 Å². The van der Waals surface area contributed by atoms with Gasteiger partial charge in [-0.05, 0) is 24.3 Å². The van der Waals surface area contributed by atoms with Crippen molar-refractivity contribution in [3.8, 4) is 5.75 Å². The molecule has 1 saturated heterocycles. The lowest BCUT2D eigenvalue weighted by Gasteiger charge is -2.24. The Bertz CT molecular complexity index is 591. The van der Waals surface area contributed by atoms with Crippen LogP contribution in [0.3, 0.4) is 0 Å². The molecule has 0 unspecified atom stereocenters. The molecule has 1 aliphatic heterocycles. The maximum absolute atomic E-state index is 12.3. The van der Waals surface area contributed by atoms with Crippen LogP contribution in [0.15, 0.2) is 18.2 Å². The molecule has 1 atom stereocenters. The second kappa shape index (κ2) is 7.14. The van der Waals surface area contributed by atoms with Crippen molar-refractivity contribution in [1.29, 1.82) is 0 Å². The molecule has 1 aromatic carbocycles. The summed E-state index contributed by atoms with van der Waals surface area (Å²) in [6, 6.07) is 5.82. The van der Waals surface area contributed by atoms with Crippen molar-refractivity contribution in [3.05, 3.63) is 29.3 Å². The summed E-state index contributed by atoms with van der Waals surface area (Å²) in [7, 11) is 4.32. The van der Waals surface area contributed by atoms with E-state index in [0.29, 0.717) is 17.2 Å². The molecule has 1 aliphatic carbocycles. The minimum absolute atomic E-state index is 0.0103. The average molecular weight is 332 g/mol. The highest BCUT2D eigenvalue weighted by molar-refractivity contribution is 5.74. The van der Waals surface area contributed by atoms with Gasteiger partial charge in [-0.15, -0.1) is 0 Å². The second-order valence-corrected chi connectivity index (χ2v) is 8.11. The number of likely N-dealkylation sites (N-methyl/N-ethyl adjacent to an activating group) is 1. The SMILES string of the molecule is C[N+]1(C)CC[C@@H](OC(=O)Cc2cccc(C3CCCCC3)c2O)C1. The van der Waals surface area contributed by atoms with Gasteiger partial charge in [0.1, 0.15) is 12.3 Å². The van der Waals surface area contributed by atoms with E-state index in [1.807, 2.05) is 18.2 Å². The fourth-order valence-corrected chi connectivity index (χ4v) is 4.20. The summed E-state index contributed by atoms with van der Waals surface area (Å²) >= 11 is 0. The molecule has 0 radical (unpaired) electrons. The molecule has 3 rings (SSSR count). The van der Waals surface area contributed by atoms with Crippen molar-refractivity contribution >= 4 is 5.97 Å². The fourth-order valence-electron chi connectivity index (χ4n) is 4.20. The van der Waals surface area contributed by atoms with Crippen LogP contribution < -0.4 is 0 Å². The molecule has 0 spiro atoms. The third-order valence-corrected chi connectivity index (χ3v) is 5.58. The molecule has 0 amide bonds. The Morgan fingerprint density at radius 3 is 2.62 bits per heavy atom. The molecule has 1 saturated carbocycles. The normalized spacial score (nSPS) is 24.0. The molecule has 24 heavy (non-hydrogen) atoms. The minimum Gasteiger partial charge on any atom is -0.507 e. The number of nitrogens with zero attached hydrogens (tertiary/aromatic N) is 1. The van der Waals surface area contributed by atoms with E-state index in [4.69, 9.17) is 4.74 Å². The maximum Gasteiger partial charge on any atom is 0.310 e. The molecule has 1 aromatic rings. The number of esters is 1. The molecule has 4 heteroatoms. The zero-order chi connectivity index (χ0) is 17.2. The molecular formula is C20H30NO3+. The van der Waals surface area contributed by atoms with Crippen LogP contribution in [0.25, 0.3) is 0 Å². The molecule has 2 fully saturated rings. The van der Waals surface area contributed by atoms with Gasteiger partial charge in [0.2, 0.25) is 0 Å². The van der Waals surface area contributed by atoms with Crippen LogP contribution in [0.1, 0.15) is 55.6 Å². The first-order chi connectivity index (χ1) is 11.4. The number of carbonyl (C=O) groups is 1. The highest BCUT2D eigenvalue weighted by atomic mass is 16.5. The Balaban J connectivity index is 1.63. The number of rotatable bonds is 4. The van der Waals surface area contributed by atoms with Crippen LogP contribution in [0.2, 0.25) is 0 Å². The van der Waals surface area contributed by atoms with Gasteiger partial charge in [-0.25, -0.2) is 0 Å². The number of para-hydroxylation sites is 1. The van der Waals surface area contributed by atoms with Crippen molar-refractivity contribution in [2.24, 2.45) is 0 Å². The topological polar surface area (TPSA) is 46.5 Å². The van der Waals surface area contributed by atoms with Gasteiger partial charge in [0.05, 0.1) is 27.1 Å². The first-order valence-corrected chi connectivity index (χ1v) is 9.27. The predicted molar refractivity (Wildman–Crippen MR) is 94.0 cm³/mol. The number of benzene rings is 1. The van der Waals surface area contributed by atoms with Crippen LogP contribution in [-0.2, 0) is 16.0 Å². The highest BCUT2D eigenvalue weighted by Crippen LogP contribution is 2.38. The lowest BCUT2D eigenvalue weighted by atomic mass is 9.83. The van der Waals surface area contributed by atoms with Gasteiger partial charge in [0.25, 0.3) is 0 Å². The van der Waals surface area contributed by atoms with Crippen LogP contribution >= 0.6 is 0 Å². The van der Waals surface area contributed by atoms with Crippen molar-refractivity contribution in [1.82, 2.24) is 0 Å². The monoisotopic (exact) mass is 332 g/mol.